The molecular formula is C62H72Cl2Zr2-2. The second kappa shape index (κ2) is 28.2. The van der Waals surface area contributed by atoms with Crippen LogP contribution in [0.25, 0.3) is 43.1 Å². The standard InChI is InChI=1S/4C14H15.2C3H6.2ClH.2Zr/c4*1-2-6-11(5-1)14-10-9-12-7-3-4-8-13(12)14;2*1-3-2;;;;/h4*3-4,7-11H,1-2,5-6H2;2*1-2H3;2*1H;;/q4*-1;;;;;2*+2/p-2. The van der Waals surface area contributed by atoms with Gasteiger partial charge < -0.3 is 24.8 Å². The molecule has 0 bridgehead atoms. The number of halogens is 2. The molecule has 0 radical (unpaired) electrons. The number of hydrogen-bond acceptors (Lipinski definition) is 0. The maximum Gasteiger partial charge on any atom is -0.0535 e. The molecule has 0 atom stereocenters. The Hall–Kier alpha value is -2.59. The number of fused-ring (bicyclic) bond motifs is 4. The van der Waals surface area contributed by atoms with E-state index in [0.29, 0.717) is 0 Å². The van der Waals surface area contributed by atoms with Gasteiger partial charge in [-0.15, -0.1) is 164 Å². The average Bonchev–Trinajstić information content (AvgIpc) is 4.16. The summed E-state index contributed by atoms with van der Waals surface area (Å²) in [7, 11) is 0. The molecule has 0 saturated heterocycles. The van der Waals surface area contributed by atoms with Crippen molar-refractivity contribution in [1.29, 1.82) is 0 Å². The van der Waals surface area contributed by atoms with Crippen LogP contribution in [-0.4, -0.2) is 6.41 Å². The molecule has 0 amide bonds. The summed E-state index contributed by atoms with van der Waals surface area (Å²) >= 11 is 3.11. The van der Waals surface area contributed by atoms with Crippen LogP contribution >= 0.6 is 0 Å². The van der Waals surface area contributed by atoms with E-state index in [1.165, 1.54) is 152 Å². The number of hydrogen-bond donors (Lipinski definition) is 0. The van der Waals surface area contributed by atoms with Crippen LogP contribution in [-0.2, 0) is 48.5 Å². The first-order chi connectivity index (χ1) is 31.3. The third-order valence-corrected chi connectivity index (χ3v) is 14.0. The molecule has 0 aliphatic heterocycles. The fraction of sp³-hybridized carbons (Fsp3) is 0.387. The predicted molar refractivity (Wildman–Crippen MR) is 276 cm³/mol. The molecular weight excluding hydrogens is 998 g/mol. The zero-order valence-corrected chi connectivity index (χ0v) is 46.7. The Morgan fingerprint density at radius 3 is 0.682 bits per heavy atom. The maximum absolute atomic E-state index is 2.33. The van der Waals surface area contributed by atoms with Gasteiger partial charge in [0.05, 0.1) is 0 Å². The zero-order chi connectivity index (χ0) is 44.7. The zero-order valence-electron chi connectivity index (χ0n) is 40.2. The van der Waals surface area contributed by atoms with Gasteiger partial charge in [-0.2, -0.15) is 22.3 Å². The first-order valence-corrected chi connectivity index (χ1v) is 27.3. The second-order valence-corrected chi connectivity index (χ2v) is 24.3. The monoisotopic (exact) mass is 1070 g/mol. The molecule has 4 aliphatic rings. The summed E-state index contributed by atoms with van der Waals surface area (Å²) in [6.45, 7) is 8.49. The smallest absolute Gasteiger partial charge is 0.0535 e. The van der Waals surface area contributed by atoms with Gasteiger partial charge in [-0.3, -0.25) is 0 Å². The van der Waals surface area contributed by atoms with E-state index in [1.807, 2.05) is 0 Å². The molecule has 8 aromatic rings. The van der Waals surface area contributed by atoms with E-state index in [0.717, 1.165) is 23.7 Å². The molecule has 0 N–H and O–H groups in total. The summed E-state index contributed by atoms with van der Waals surface area (Å²) in [5, 5.41) is 11.6. The van der Waals surface area contributed by atoms with Crippen molar-refractivity contribution < 1.29 is 73.3 Å². The third-order valence-electron chi connectivity index (χ3n) is 14.0. The predicted octanol–water partition coefficient (Wildman–Crippen LogP) is 12.4. The summed E-state index contributed by atoms with van der Waals surface area (Å²) in [5.41, 5.74) is 6.38. The van der Waals surface area contributed by atoms with Gasteiger partial charge in [0.15, 0.2) is 0 Å². The van der Waals surface area contributed by atoms with Crippen LogP contribution in [0.2, 0.25) is 0 Å². The Kier molecular flexibility index (Phi) is 23.2. The molecule has 4 heteroatoms. The molecule has 344 valence electrons. The van der Waals surface area contributed by atoms with Crippen LogP contribution in [0.5, 0.6) is 0 Å². The first kappa shape index (κ1) is 54.3. The van der Waals surface area contributed by atoms with Crippen LogP contribution in [0.4, 0.5) is 0 Å². The Labute approximate surface area is 440 Å². The van der Waals surface area contributed by atoms with Crippen molar-refractivity contribution in [3.8, 4) is 0 Å². The van der Waals surface area contributed by atoms with Crippen molar-refractivity contribution in [2.24, 2.45) is 0 Å². The van der Waals surface area contributed by atoms with Crippen molar-refractivity contribution >= 4 is 49.5 Å². The van der Waals surface area contributed by atoms with Crippen molar-refractivity contribution in [2.45, 2.75) is 154 Å². The van der Waals surface area contributed by atoms with Crippen LogP contribution < -0.4 is 24.8 Å². The van der Waals surface area contributed by atoms with Gasteiger partial charge in [0, 0.05) is 0 Å². The SMILES string of the molecule is C[C](C)=[Zr+2].C[C](C)=[Zr+2].[Cl-].[Cl-].c1ccc2c(C3CCCC3)c[cH-]c2c1.c1ccc2c(C3CCCC3)c[cH-]c2c1.c1ccc2c(C3CCCC3)c[cH-]c2c1.c1ccc2c(C3CCCC3)c[cH-]c2c1. The fourth-order valence-corrected chi connectivity index (χ4v) is 11.1. The van der Waals surface area contributed by atoms with Crippen LogP contribution in [0.3, 0.4) is 0 Å². The minimum Gasteiger partial charge on any atom is -1.00 e. The Balaban J connectivity index is 0.000000155. The average molecular weight is 1070 g/mol. The molecule has 0 aromatic heterocycles. The van der Waals surface area contributed by atoms with Crippen molar-refractivity contribution in [3.05, 3.63) is 168 Å². The molecule has 4 aliphatic carbocycles. The molecule has 0 unspecified atom stereocenters. The molecule has 0 nitrogen and oxygen atoms in total. The molecule has 4 saturated carbocycles. The van der Waals surface area contributed by atoms with E-state index in [4.69, 9.17) is 0 Å². The molecule has 4 fully saturated rings. The van der Waals surface area contributed by atoms with Gasteiger partial charge in [-0.05, 0) is 0 Å². The Bertz CT molecular complexity index is 2280. The van der Waals surface area contributed by atoms with Gasteiger partial charge in [0.2, 0.25) is 0 Å². The van der Waals surface area contributed by atoms with Gasteiger partial charge in [0.1, 0.15) is 0 Å². The molecule has 0 spiro atoms. The maximum atomic E-state index is 2.33. The first-order valence-electron chi connectivity index (χ1n) is 24.9. The summed E-state index contributed by atoms with van der Waals surface area (Å²) in [4.78, 5) is 0. The number of benzene rings is 4. The van der Waals surface area contributed by atoms with E-state index in [1.54, 1.807) is 70.7 Å². The normalized spacial score (nSPS) is 16.1. The van der Waals surface area contributed by atoms with E-state index >= 15 is 0 Å². The van der Waals surface area contributed by atoms with Gasteiger partial charge in [-0.1, -0.05) is 151 Å². The third kappa shape index (κ3) is 15.2. The van der Waals surface area contributed by atoms with E-state index < -0.39 is 0 Å². The number of rotatable bonds is 4. The summed E-state index contributed by atoms with van der Waals surface area (Å²) in [6, 6.07) is 53.5. The summed E-state index contributed by atoms with van der Waals surface area (Å²) in [5.74, 6) is 3.37. The quantitative estimate of drug-likeness (QED) is 0.154. The molecule has 66 heavy (non-hydrogen) atoms. The van der Waals surface area contributed by atoms with Gasteiger partial charge >= 0.3 is 82.6 Å². The molecule has 0 heterocycles. The van der Waals surface area contributed by atoms with Crippen molar-refractivity contribution in [1.82, 2.24) is 0 Å². The van der Waals surface area contributed by atoms with Crippen LogP contribution in [0, 0.1) is 0 Å². The fourth-order valence-electron chi connectivity index (χ4n) is 11.1. The van der Waals surface area contributed by atoms with Crippen LogP contribution in [0.15, 0.2) is 146 Å². The Morgan fingerprint density at radius 1 is 0.333 bits per heavy atom. The van der Waals surface area contributed by atoms with E-state index in [2.05, 4.69) is 173 Å². The van der Waals surface area contributed by atoms with Crippen molar-refractivity contribution in [3.63, 3.8) is 0 Å². The topological polar surface area (TPSA) is 0 Å². The largest absolute Gasteiger partial charge is 1.00 e. The van der Waals surface area contributed by atoms with Gasteiger partial charge in [-0.25, -0.2) is 0 Å². The van der Waals surface area contributed by atoms with E-state index in [-0.39, 0.29) is 24.8 Å². The summed E-state index contributed by atoms with van der Waals surface area (Å²) in [6.07, 6.45) is 22.5. The Morgan fingerprint density at radius 2 is 0.500 bits per heavy atom. The minimum atomic E-state index is 0. The molecule has 8 aromatic carbocycles. The second-order valence-electron chi connectivity index (χ2n) is 19.4. The summed E-state index contributed by atoms with van der Waals surface area (Å²) < 4.78 is 3.01. The van der Waals surface area contributed by atoms with Crippen LogP contribution in [0.1, 0.15) is 176 Å². The molecule has 12 rings (SSSR count). The van der Waals surface area contributed by atoms with Crippen molar-refractivity contribution in [2.75, 3.05) is 0 Å². The van der Waals surface area contributed by atoms with Gasteiger partial charge in [0.25, 0.3) is 0 Å². The van der Waals surface area contributed by atoms with E-state index in [9.17, 15) is 0 Å². The minimum absolute atomic E-state index is 0.